The van der Waals surface area contributed by atoms with Crippen molar-refractivity contribution in [3.05, 3.63) is 178 Å². The quantitative estimate of drug-likeness (QED) is 0.104. The summed E-state index contributed by atoms with van der Waals surface area (Å²) in [5, 5.41) is 1.14. The van der Waals surface area contributed by atoms with Crippen LogP contribution in [0.3, 0.4) is 0 Å². The van der Waals surface area contributed by atoms with Gasteiger partial charge < -0.3 is 26.4 Å². The van der Waals surface area contributed by atoms with Gasteiger partial charge in [-0.15, -0.1) is 0 Å². The third-order valence-corrected chi connectivity index (χ3v) is 9.90. The van der Waals surface area contributed by atoms with Crippen molar-refractivity contribution in [2.75, 3.05) is 14.2 Å². The Labute approximate surface area is 323 Å². The fourth-order valence-electron chi connectivity index (χ4n) is 7.18. The molecule has 6 N–H and O–H groups in total. The van der Waals surface area contributed by atoms with Crippen molar-refractivity contribution < 1.29 is 9.15 Å². The third kappa shape index (κ3) is 9.47. The highest BCUT2D eigenvalue weighted by atomic mass is 16.5. The first-order valence-corrected chi connectivity index (χ1v) is 19.2. The SMILES string of the molecule is C=C(C(=C)c1cc(-c2cccc(C)c2CC)c2oc3c(c2c1)C=CCC3Cc1ccccc1)C1=C(OC)CCC=C1.CC.CN.NC(N)c1ccccc1. The van der Waals surface area contributed by atoms with Gasteiger partial charge in [0.15, 0.2) is 0 Å². The molecule has 282 valence electrons. The molecule has 0 amide bonds. The zero-order chi connectivity index (χ0) is 39.2. The maximum atomic E-state index is 6.90. The van der Waals surface area contributed by atoms with Crippen molar-refractivity contribution in [3.63, 3.8) is 0 Å². The molecule has 0 fully saturated rings. The molecule has 5 aromatic rings. The lowest BCUT2D eigenvalue weighted by Gasteiger charge is -2.19. The highest BCUT2D eigenvalue weighted by molar-refractivity contribution is 6.02. The minimum Gasteiger partial charge on any atom is -0.500 e. The standard InChI is InChI=1S/C39H38O2.C7H10N2.C2H6.CH5N/c1-6-31-25(2)14-12-19-33(31)35-23-30(26(3)27(4)32-18-10-11-21-37(32)40-5)24-36-34-20-13-17-29(38(34)41-39(35)36)22-28-15-8-7-9-16-28;8-7(9)6-4-2-1-3-5-6;2*1-2/h7-10,12-16,18-20,23-24,29H,3-4,6,11,17,21-22H2,1-2,5H3;1-5,7H,8-9H2;1-2H3;2H2,1H3. The number of benzene rings is 4. The molecule has 4 aromatic carbocycles. The Morgan fingerprint density at radius 1 is 0.852 bits per heavy atom. The number of fused-ring (bicyclic) bond motifs is 3. The summed E-state index contributed by atoms with van der Waals surface area (Å²) in [6.45, 7) is 17.5. The summed E-state index contributed by atoms with van der Waals surface area (Å²) in [5.41, 5.74) is 28.6. The van der Waals surface area contributed by atoms with Crippen LogP contribution in [0.1, 0.15) is 91.3 Å². The molecular formula is C49H59N3O2. The van der Waals surface area contributed by atoms with E-state index in [0.717, 1.165) is 88.0 Å². The van der Waals surface area contributed by atoms with Gasteiger partial charge in [-0.1, -0.05) is 137 Å². The van der Waals surface area contributed by atoms with Crippen LogP contribution in [0.2, 0.25) is 0 Å². The van der Waals surface area contributed by atoms with E-state index in [-0.39, 0.29) is 6.17 Å². The van der Waals surface area contributed by atoms with Gasteiger partial charge in [0.2, 0.25) is 0 Å². The van der Waals surface area contributed by atoms with Crippen molar-refractivity contribution in [1.29, 1.82) is 0 Å². The lowest BCUT2D eigenvalue weighted by atomic mass is 9.85. The second-order valence-corrected chi connectivity index (χ2v) is 13.1. The largest absolute Gasteiger partial charge is 0.500 e. The Morgan fingerprint density at radius 2 is 1.54 bits per heavy atom. The van der Waals surface area contributed by atoms with Gasteiger partial charge in [0, 0.05) is 34.4 Å². The van der Waals surface area contributed by atoms with Gasteiger partial charge >= 0.3 is 0 Å². The average Bonchev–Trinajstić information content (AvgIpc) is 3.62. The number of aryl methyl sites for hydroxylation is 1. The molecule has 54 heavy (non-hydrogen) atoms. The molecule has 0 bridgehead atoms. The van der Waals surface area contributed by atoms with Crippen molar-refractivity contribution in [3.8, 4) is 11.1 Å². The normalized spacial score (nSPS) is 14.2. The second-order valence-electron chi connectivity index (χ2n) is 13.1. The Balaban J connectivity index is 0.000000431. The van der Waals surface area contributed by atoms with E-state index in [2.05, 4.69) is 118 Å². The molecule has 1 heterocycles. The number of furan rings is 1. The number of methoxy groups -OCH3 is 1. The molecule has 1 aromatic heterocycles. The Kier molecular flexibility index (Phi) is 15.6. The molecule has 0 saturated carbocycles. The molecule has 0 radical (unpaired) electrons. The number of allylic oxidation sites excluding steroid dienone is 7. The topological polar surface area (TPSA) is 100 Å². The van der Waals surface area contributed by atoms with Crippen LogP contribution < -0.4 is 17.2 Å². The van der Waals surface area contributed by atoms with Crippen LogP contribution in [-0.2, 0) is 17.6 Å². The minimum absolute atomic E-state index is 0.296. The molecule has 1 atom stereocenters. The van der Waals surface area contributed by atoms with Gasteiger partial charge in [-0.2, -0.15) is 0 Å². The van der Waals surface area contributed by atoms with Crippen molar-refractivity contribution >= 4 is 22.6 Å². The van der Waals surface area contributed by atoms with E-state index in [1.807, 2.05) is 44.2 Å². The summed E-state index contributed by atoms with van der Waals surface area (Å²) in [4.78, 5) is 0. The molecule has 1 unspecified atom stereocenters. The van der Waals surface area contributed by atoms with E-state index < -0.39 is 0 Å². The number of hydrogen-bond acceptors (Lipinski definition) is 5. The minimum atomic E-state index is -0.341. The Bertz CT molecular complexity index is 2100. The maximum Gasteiger partial charge on any atom is 0.142 e. The molecule has 2 aliphatic rings. The molecule has 0 saturated heterocycles. The maximum absolute atomic E-state index is 6.90. The summed E-state index contributed by atoms with van der Waals surface area (Å²) in [5.74, 6) is 2.35. The Hall–Kier alpha value is -5.20. The van der Waals surface area contributed by atoms with Crippen molar-refractivity contribution in [2.24, 2.45) is 17.2 Å². The van der Waals surface area contributed by atoms with Crippen LogP contribution in [0.5, 0.6) is 0 Å². The fourth-order valence-corrected chi connectivity index (χ4v) is 7.18. The van der Waals surface area contributed by atoms with Crippen LogP contribution in [0.25, 0.3) is 33.7 Å². The summed E-state index contributed by atoms with van der Waals surface area (Å²) in [7, 11) is 3.24. The lowest BCUT2D eigenvalue weighted by Crippen LogP contribution is -2.19. The first kappa shape index (κ1) is 41.6. The molecule has 5 nitrogen and oxygen atoms in total. The van der Waals surface area contributed by atoms with Gasteiger partial charge in [-0.3, -0.25) is 0 Å². The van der Waals surface area contributed by atoms with Gasteiger partial charge in [-0.05, 0) is 96.3 Å². The molecule has 7 rings (SSSR count). The number of nitrogens with two attached hydrogens (primary N) is 3. The highest BCUT2D eigenvalue weighted by Crippen LogP contribution is 2.45. The van der Waals surface area contributed by atoms with E-state index in [4.69, 9.17) is 20.6 Å². The van der Waals surface area contributed by atoms with Crippen LogP contribution in [-0.4, -0.2) is 14.2 Å². The monoisotopic (exact) mass is 721 g/mol. The average molecular weight is 722 g/mol. The lowest BCUT2D eigenvalue weighted by molar-refractivity contribution is 0.273. The van der Waals surface area contributed by atoms with Crippen molar-refractivity contribution in [2.45, 2.75) is 71.9 Å². The van der Waals surface area contributed by atoms with E-state index in [9.17, 15) is 0 Å². The molecular weight excluding hydrogens is 663 g/mol. The third-order valence-electron chi connectivity index (χ3n) is 9.90. The number of ether oxygens (including phenoxy) is 1. The molecule has 2 aliphatic carbocycles. The first-order chi connectivity index (χ1) is 26.3. The fraction of sp³-hybridized carbons (Fsp3) is 0.265. The smallest absolute Gasteiger partial charge is 0.142 e. The number of hydrogen-bond donors (Lipinski definition) is 3. The molecule has 0 aliphatic heterocycles. The zero-order valence-corrected chi connectivity index (χ0v) is 33.1. The summed E-state index contributed by atoms with van der Waals surface area (Å²) >= 11 is 0. The predicted molar refractivity (Wildman–Crippen MR) is 232 cm³/mol. The van der Waals surface area contributed by atoms with Crippen molar-refractivity contribution in [1.82, 2.24) is 0 Å². The van der Waals surface area contributed by atoms with Crippen LogP contribution in [0, 0.1) is 6.92 Å². The van der Waals surface area contributed by atoms with E-state index in [1.165, 1.54) is 34.9 Å². The summed E-state index contributed by atoms with van der Waals surface area (Å²) in [6.07, 6.45) is 13.3. The second kappa shape index (κ2) is 20.3. The van der Waals surface area contributed by atoms with Crippen LogP contribution in [0.4, 0.5) is 0 Å². The van der Waals surface area contributed by atoms with Gasteiger partial charge in [0.1, 0.15) is 17.1 Å². The van der Waals surface area contributed by atoms with Gasteiger partial charge in [0.25, 0.3) is 0 Å². The van der Waals surface area contributed by atoms with E-state index in [0.29, 0.717) is 5.92 Å². The summed E-state index contributed by atoms with van der Waals surface area (Å²) in [6, 6.07) is 31.4. The molecule has 5 heteroatoms. The summed E-state index contributed by atoms with van der Waals surface area (Å²) < 4.78 is 12.6. The van der Waals surface area contributed by atoms with Gasteiger partial charge in [0.05, 0.1) is 13.3 Å². The van der Waals surface area contributed by atoms with Crippen LogP contribution >= 0.6 is 0 Å². The van der Waals surface area contributed by atoms with Gasteiger partial charge in [-0.25, -0.2) is 0 Å². The zero-order valence-electron chi connectivity index (χ0n) is 33.1. The van der Waals surface area contributed by atoms with E-state index in [1.54, 1.807) is 7.11 Å². The molecule has 0 spiro atoms. The first-order valence-electron chi connectivity index (χ1n) is 19.2. The van der Waals surface area contributed by atoms with E-state index >= 15 is 0 Å². The predicted octanol–water partition coefficient (Wildman–Crippen LogP) is 11.7. The van der Waals surface area contributed by atoms with Crippen LogP contribution in [0.15, 0.2) is 144 Å². The Morgan fingerprint density at radius 3 is 2.17 bits per heavy atom. The number of rotatable bonds is 9. The highest BCUT2D eigenvalue weighted by Gasteiger charge is 2.27.